The monoisotopic (exact) mass is 363 g/mol. The highest BCUT2D eigenvalue weighted by Crippen LogP contribution is 2.41. The Morgan fingerprint density at radius 1 is 1.35 bits per heavy atom. The molecule has 1 amide bonds. The first-order valence-corrected chi connectivity index (χ1v) is 8.07. The zero-order valence-electron chi connectivity index (χ0n) is 15.1. The SMILES string of the molecule is CCOC(=O)C1=NN(C(=O)c2ccc([N+](=O)[O-])cc2)[C@](O)(C(C)(C)C)C1. The first-order chi connectivity index (χ1) is 12.0. The summed E-state index contributed by atoms with van der Waals surface area (Å²) in [4.78, 5) is 35.0. The Morgan fingerprint density at radius 3 is 2.38 bits per heavy atom. The van der Waals surface area contributed by atoms with Gasteiger partial charge >= 0.3 is 5.97 Å². The maximum Gasteiger partial charge on any atom is 0.354 e. The van der Waals surface area contributed by atoms with Gasteiger partial charge < -0.3 is 9.84 Å². The molecule has 1 N–H and O–H groups in total. The molecular formula is C17H21N3O6. The average Bonchev–Trinajstić information content (AvgIpc) is 2.93. The Bertz CT molecular complexity index is 766. The molecule has 9 nitrogen and oxygen atoms in total. The smallest absolute Gasteiger partial charge is 0.354 e. The first kappa shape index (κ1) is 19.5. The van der Waals surface area contributed by atoms with E-state index in [1.807, 2.05) is 0 Å². The van der Waals surface area contributed by atoms with Crippen LogP contribution in [-0.4, -0.2) is 45.0 Å². The number of hydrogen-bond acceptors (Lipinski definition) is 7. The molecule has 0 unspecified atom stereocenters. The van der Waals surface area contributed by atoms with E-state index in [1.165, 1.54) is 24.3 Å². The highest BCUT2D eigenvalue weighted by Gasteiger charge is 2.54. The fraction of sp³-hybridized carbons (Fsp3) is 0.471. The van der Waals surface area contributed by atoms with Crippen LogP contribution in [0.2, 0.25) is 0 Å². The van der Waals surface area contributed by atoms with Gasteiger partial charge in [-0.2, -0.15) is 10.1 Å². The predicted octanol–water partition coefficient (Wildman–Crippen LogP) is 2.09. The van der Waals surface area contributed by atoms with Crippen molar-refractivity contribution in [1.29, 1.82) is 0 Å². The van der Waals surface area contributed by atoms with Gasteiger partial charge in [-0.05, 0) is 19.1 Å². The van der Waals surface area contributed by atoms with Gasteiger partial charge in [0.2, 0.25) is 0 Å². The van der Waals surface area contributed by atoms with Gasteiger partial charge in [0.05, 0.1) is 11.5 Å². The van der Waals surface area contributed by atoms with Crippen LogP contribution < -0.4 is 0 Å². The molecule has 1 aromatic rings. The van der Waals surface area contributed by atoms with Crippen LogP contribution >= 0.6 is 0 Å². The fourth-order valence-corrected chi connectivity index (χ4v) is 2.52. The molecule has 0 aromatic heterocycles. The van der Waals surface area contributed by atoms with Gasteiger partial charge in [-0.15, -0.1) is 0 Å². The largest absolute Gasteiger partial charge is 0.461 e. The van der Waals surface area contributed by atoms with Crippen LogP contribution in [0.3, 0.4) is 0 Å². The highest BCUT2D eigenvalue weighted by atomic mass is 16.6. The maximum atomic E-state index is 12.9. The lowest BCUT2D eigenvalue weighted by Crippen LogP contribution is -2.55. The van der Waals surface area contributed by atoms with E-state index in [-0.39, 0.29) is 30.0 Å². The van der Waals surface area contributed by atoms with Gasteiger partial charge in [-0.3, -0.25) is 14.9 Å². The molecule has 1 aromatic carbocycles. The molecule has 0 radical (unpaired) electrons. The number of non-ortho nitro benzene ring substituents is 1. The fourth-order valence-electron chi connectivity index (χ4n) is 2.52. The third-order valence-corrected chi connectivity index (χ3v) is 4.21. The van der Waals surface area contributed by atoms with Crippen molar-refractivity contribution in [3.8, 4) is 0 Å². The van der Waals surface area contributed by atoms with Gasteiger partial charge in [0.1, 0.15) is 0 Å². The molecule has 2 rings (SSSR count). The Hall–Kier alpha value is -2.81. The van der Waals surface area contributed by atoms with E-state index >= 15 is 0 Å². The van der Waals surface area contributed by atoms with E-state index in [0.717, 1.165) is 5.01 Å². The van der Waals surface area contributed by atoms with Crippen LogP contribution in [0.4, 0.5) is 5.69 Å². The molecule has 0 spiro atoms. The molecule has 26 heavy (non-hydrogen) atoms. The van der Waals surface area contributed by atoms with Crippen molar-refractivity contribution >= 4 is 23.3 Å². The minimum Gasteiger partial charge on any atom is -0.461 e. The standard InChI is InChI=1S/C17H21N3O6/c1-5-26-15(22)13-10-17(23,16(2,3)4)19(18-13)14(21)11-6-8-12(9-7-11)20(24)25/h6-9,23H,5,10H2,1-4H3/t17-/m1/s1. The summed E-state index contributed by atoms with van der Waals surface area (Å²) in [6.45, 7) is 6.93. The van der Waals surface area contributed by atoms with Crippen LogP contribution in [0.25, 0.3) is 0 Å². The number of hydrazone groups is 1. The Kier molecular flexibility index (Phi) is 5.13. The summed E-state index contributed by atoms with van der Waals surface area (Å²) in [5.41, 5.74) is -2.67. The zero-order valence-corrected chi connectivity index (χ0v) is 15.1. The molecule has 1 aliphatic heterocycles. The number of esters is 1. The zero-order chi connectivity index (χ0) is 19.7. The second kappa shape index (κ2) is 6.83. The molecule has 1 aliphatic rings. The summed E-state index contributed by atoms with van der Waals surface area (Å²) in [5.74, 6) is -1.37. The van der Waals surface area contributed by atoms with E-state index in [2.05, 4.69) is 5.10 Å². The van der Waals surface area contributed by atoms with Gasteiger partial charge in [-0.25, -0.2) is 4.79 Å². The molecule has 9 heteroatoms. The summed E-state index contributed by atoms with van der Waals surface area (Å²) < 4.78 is 4.91. The minimum absolute atomic E-state index is 0.0560. The number of hydrogen-bond donors (Lipinski definition) is 1. The third kappa shape index (κ3) is 3.43. The summed E-state index contributed by atoms with van der Waals surface area (Å²) in [7, 11) is 0. The van der Waals surface area contributed by atoms with Crippen molar-refractivity contribution in [3.63, 3.8) is 0 Å². The van der Waals surface area contributed by atoms with Crippen molar-refractivity contribution in [2.75, 3.05) is 6.61 Å². The van der Waals surface area contributed by atoms with Gasteiger partial charge in [0, 0.05) is 29.5 Å². The Balaban J connectivity index is 2.42. The average molecular weight is 363 g/mol. The number of benzene rings is 1. The first-order valence-electron chi connectivity index (χ1n) is 8.07. The number of nitrogens with zero attached hydrogens (tertiary/aromatic N) is 3. The van der Waals surface area contributed by atoms with Crippen molar-refractivity contribution in [3.05, 3.63) is 39.9 Å². The lowest BCUT2D eigenvalue weighted by atomic mass is 9.80. The second-order valence-corrected chi connectivity index (χ2v) is 6.93. The Morgan fingerprint density at radius 2 is 1.92 bits per heavy atom. The minimum atomic E-state index is -1.74. The Labute approximate surface area is 150 Å². The number of amides is 1. The maximum absolute atomic E-state index is 12.9. The highest BCUT2D eigenvalue weighted by molar-refractivity contribution is 6.37. The normalized spacial score (nSPS) is 19.9. The van der Waals surface area contributed by atoms with E-state index in [0.29, 0.717) is 0 Å². The van der Waals surface area contributed by atoms with Crippen molar-refractivity contribution in [2.24, 2.45) is 10.5 Å². The van der Waals surface area contributed by atoms with Gasteiger partial charge in [0.15, 0.2) is 11.4 Å². The lowest BCUT2D eigenvalue weighted by Gasteiger charge is -2.41. The molecule has 0 bridgehead atoms. The van der Waals surface area contributed by atoms with Crippen LogP contribution in [0, 0.1) is 15.5 Å². The number of carbonyl (C=O) groups is 2. The molecule has 1 heterocycles. The number of aliphatic hydroxyl groups is 1. The number of carbonyl (C=O) groups excluding carboxylic acids is 2. The molecule has 0 saturated carbocycles. The lowest BCUT2D eigenvalue weighted by molar-refractivity contribution is -0.384. The summed E-state index contributed by atoms with van der Waals surface area (Å²) in [5, 5.41) is 26.7. The van der Waals surface area contributed by atoms with Crippen molar-refractivity contribution < 1.29 is 24.4 Å². The quantitative estimate of drug-likeness (QED) is 0.496. The van der Waals surface area contributed by atoms with E-state index in [9.17, 15) is 24.8 Å². The molecule has 140 valence electrons. The number of nitro benzene ring substituents is 1. The van der Waals surface area contributed by atoms with E-state index in [1.54, 1.807) is 27.7 Å². The van der Waals surface area contributed by atoms with Crippen LogP contribution in [-0.2, 0) is 9.53 Å². The van der Waals surface area contributed by atoms with E-state index in [4.69, 9.17) is 4.74 Å². The molecule has 0 fully saturated rings. The van der Waals surface area contributed by atoms with Crippen molar-refractivity contribution in [2.45, 2.75) is 39.8 Å². The van der Waals surface area contributed by atoms with Gasteiger partial charge in [0.25, 0.3) is 11.6 Å². The summed E-state index contributed by atoms with van der Waals surface area (Å²) >= 11 is 0. The molecular weight excluding hydrogens is 342 g/mol. The molecule has 1 atom stereocenters. The molecule has 0 saturated heterocycles. The van der Waals surface area contributed by atoms with Crippen LogP contribution in [0.15, 0.2) is 29.4 Å². The topological polar surface area (TPSA) is 122 Å². The number of rotatable bonds is 4. The van der Waals surface area contributed by atoms with Crippen LogP contribution in [0.1, 0.15) is 44.5 Å². The number of ether oxygens (including phenoxy) is 1. The molecule has 0 aliphatic carbocycles. The van der Waals surface area contributed by atoms with Gasteiger partial charge in [-0.1, -0.05) is 20.8 Å². The third-order valence-electron chi connectivity index (χ3n) is 4.21. The second-order valence-electron chi connectivity index (χ2n) is 6.93. The van der Waals surface area contributed by atoms with Crippen LogP contribution in [0.5, 0.6) is 0 Å². The summed E-state index contributed by atoms with van der Waals surface area (Å²) in [6.07, 6.45) is -0.173. The summed E-state index contributed by atoms with van der Waals surface area (Å²) in [6, 6.07) is 4.94. The van der Waals surface area contributed by atoms with Crippen molar-refractivity contribution in [1.82, 2.24) is 5.01 Å². The predicted molar refractivity (Wildman–Crippen MR) is 92.4 cm³/mol. The van der Waals surface area contributed by atoms with E-state index < -0.39 is 27.9 Å². The number of nitro groups is 1.